The van der Waals surface area contributed by atoms with E-state index in [1.165, 1.54) is 31.2 Å². The summed E-state index contributed by atoms with van der Waals surface area (Å²) in [4.78, 5) is 2.68. The zero-order chi connectivity index (χ0) is 17.3. The minimum Gasteiger partial charge on any atom is -0.496 e. The topological polar surface area (TPSA) is 30.9 Å². The molecule has 0 N–H and O–H groups in total. The Bertz CT molecular complexity index is 585. The first-order chi connectivity index (χ1) is 12.2. The number of benzene rings is 1. The molecule has 1 saturated carbocycles. The Kier molecular flexibility index (Phi) is 5.23. The quantitative estimate of drug-likeness (QED) is 0.802. The van der Waals surface area contributed by atoms with E-state index in [2.05, 4.69) is 11.0 Å². The van der Waals surface area contributed by atoms with E-state index in [0.717, 1.165) is 49.9 Å². The maximum atomic E-state index is 6.21. The van der Waals surface area contributed by atoms with Crippen LogP contribution in [0.1, 0.15) is 50.0 Å². The van der Waals surface area contributed by atoms with E-state index >= 15 is 0 Å². The summed E-state index contributed by atoms with van der Waals surface area (Å²) in [6, 6.07) is 6.66. The van der Waals surface area contributed by atoms with E-state index in [0.29, 0.717) is 12.0 Å². The van der Waals surface area contributed by atoms with Crippen LogP contribution < -0.4 is 4.74 Å². The molecule has 138 valence electrons. The Balaban J connectivity index is 1.34. The average Bonchev–Trinajstić information content (AvgIpc) is 3.10. The highest BCUT2D eigenvalue weighted by atomic mass is 35.5. The summed E-state index contributed by atoms with van der Waals surface area (Å²) >= 11 is 6.21. The van der Waals surface area contributed by atoms with Crippen LogP contribution in [0, 0.1) is 0 Å². The van der Waals surface area contributed by atoms with E-state index in [-0.39, 0.29) is 5.79 Å². The van der Waals surface area contributed by atoms with Gasteiger partial charge in [0.25, 0.3) is 0 Å². The van der Waals surface area contributed by atoms with Gasteiger partial charge < -0.3 is 19.1 Å². The summed E-state index contributed by atoms with van der Waals surface area (Å²) in [5.41, 5.74) is 1.27. The number of methoxy groups -OCH3 is 1. The molecule has 1 aromatic carbocycles. The molecule has 1 spiro atoms. The summed E-state index contributed by atoms with van der Waals surface area (Å²) in [6.07, 6.45) is 6.80. The molecule has 0 atom stereocenters. The molecule has 0 bridgehead atoms. The van der Waals surface area contributed by atoms with Gasteiger partial charge in [-0.2, -0.15) is 0 Å². The lowest BCUT2D eigenvalue weighted by Crippen LogP contribution is -2.46. The molecule has 4 rings (SSSR count). The van der Waals surface area contributed by atoms with Crippen molar-refractivity contribution in [1.82, 2.24) is 4.90 Å². The van der Waals surface area contributed by atoms with Crippen LogP contribution in [-0.4, -0.2) is 50.1 Å². The number of rotatable bonds is 3. The van der Waals surface area contributed by atoms with Crippen molar-refractivity contribution in [1.29, 1.82) is 0 Å². The van der Waals surface area contributed by atoms with Crippen LogP contribution in [0.5, 0.6) is 5.75 Å². The third kappa shape index (κ3) is 3.68. The fraction of sp³-hybridized carbons (Fsp3) is 0.700. The molecule has 4 nitrogen and oxygen atoms in total. The predicted octanol–water partition coefficient (Wildman–Crippen LogP) is 4.21. The highest BCUT2D eigenvalue weighted by Gasteiger charge is 2.42. The van der Waals surface area contributed by atoms with E-state index in [1.54, 1.807) is 7.11 Å². The van der Waals surface area contributed by atoms with Crippen LogP contribution in [0.25, 0.3) is 0 Å². The van der Waals surface area contributed by atoms with Gasteiger partial charge in [0.1, 0.15) is 5.75 Å². The lowest BCUT2D eigenvalue weighted by Gasteiger charge is -2.43. The summed E-state index contributed by atoms with van der Waals surface area (Å²) in [5, 5.41) is 0.798. The van der Waals surface area contributed by atoms with Gasteiger partial charge in [0.15, 0.2) is 5.79 Å². The fourth-order valence-corrected chi connectivity index (χ4v) is 4.97. The van der Waals surface area contributed by atoms with Crippen molar-refractivity contribution in [2.24, 2.45) is 0 Å². The summed E-state index contributed by atoms with van der Waals surface area (Å²) < 4.78 is 17.3. The van der Waals surface area contributed by atoms with Gasteiger partial charge in [0.2, 0.25) is 0 Å². The second-order valence-corrected chi connectivity index (χ2v) is 7.97. The maximum Gasteiger partial charge on any atom is 0.168 e. The van der Waals surface area contributed by atoms with Gasteiger partial charge in [-0.15, -0.1) is 0 Å². The Labute approximate surface area is 155 Å². The van der Waals surface area contributed by atoms with Crippen LogP contribution in [0.15, 0.2) is 18.2 Å². The molecule has 3 fully saturated rings. The highest BCUT2D eigenvalue weighted by Crippen LogP contribution is 2.40. The lowest BCUT2D eigenvalue weighted by molar-refractivity contribution is -0.184. The minimum atomic E-state index is -0.247. The number of hydrogen-bond donors (Lipinski definition) is 0. The summed E-state index contributed by atoms with van der Waals surface area (Å²) in [7, 11) is 1.74. The van der Waals surface area contributed by atoms with E-state index < -0.39 is 0 Å². The fourth-order valence-electron chi connectivity index (χ4n) is 4.79. The predicted molar refractivity (Wildman–Crippen MR) is 98.4 cm³/mol. The minimum absolute atomic E-state index is 0.247. The third-order valence-electron chi connectivity index (χ3n) is 6.21. The molecule has 0 aromatic heterocycles. The molecule has 5 heteroatoms. The normalized spacial score (nSPS) is 25.5. The monoisotopic (exact) mass is 365 g/mol. The second kappa shape index (κ2) is 7.43. The molecular formula is C20H28ClNO3. The highest BCUT2D eigenvalue weighted by molar-refractivity contribution is 6.30. The standard InChI is InChI=1S/C20H28ClNO3/c1-23-19-3-2-16(21)14-18(19)15-6-10-22(11-7-15)17-4-8-20(9-5-17)24-12-13-25-20/h2-3,14-15,17H,4-13H2,1H3. The van der Waals surface area contributed by atoms with Gasteiger partial charge in [0.05, 0.1) is 20.3 Å². The van der Waals surface area contributed by atoms with Gasteiger partial charge in [-0.05, 0) is 68.5 Å². The largest absolute Gasteiger partial charge is 0.496 e. The van der Waals surface area contributed by atoms with Crippen LogP contribution in [0.2, 0.25) is 5.02 Å². The van der Waals surface area contributed by atoms with Crippen molar-refractivity contribution in [2.45, 2.75) is 56.3 Å². The van der Waals surface area contributed by atoms with Crippen LogP contribution in [0.4, 0.5) is 0 Å². The number of nitrogens with zero attached hydrogens (tertiary/aromatic N) is 1. The molecule has 2 saturated heterocycles. The van der Waals surface area contributed by atoms with Crippen molar-refractivity contribution in [3.63, 3.8) is 0 Å². The molecule has 0 radical (unpaired) electrons. The van der Waals surface area contributed by atoms with Crippen molar-refractivity contribution >= 4 is 11.6 Å². The first-order valence-electron chi connectivity index (χ1n) is 9.54. The van der Waals surface area contributed by atoms with Gasteiger partial charge in [-0.1, -0.05) is 11.6 Å². The molecule has 2 aliphatic heterocycles. The molecule has 2 heterocycles. The number of hydrogen-bond acceptors (Lipinski definition) is 4. The Hall–Kier alpha value is -0.810. The van der Waals surface area contributed by atoms with E-state index in [9.17, 15) is 0 Å². The lowest BCUT2D eigenvalue weighted by atomic mass is 9.85. The molecule has 25 heavy (non-hydrogen) atoms. The SMILES string of the molecule is COc1ccc(Cl)cc1C1CCN(C2CCC3(CC2)OCCO3)CC1. The number of piperidine rings is 1. The number of ether oxygens (including phenoxy) is 3. The van der Waals surface area contributed by atoms with Crippen molar-refractivity contribution < 1.29 is 14.2 Å². The van der Waals surface area contributed by atoms with Gasteiger partial charge in [-0.3, -0.25) is 0 Å². The zero-order valence-corrected chi connectivity index (χ0v) is 15.8. The average molecular weight is 366 g/mol. The van der Waals surface area contributed by atoms with Crippen molar-refractivity contribution in [3.05, 3.63) is 28.8 Å². The summed E-state index contributed by atoms with van der Waals surface area (Å²) in [5.74, 6) is 1.27. The second-order valence-electron chi connectivity index (χ2n) is 7.54. The van der Waals surface area contributed by atoms with Crippen LogP contribution in [-0.2, 0) is 9.47 Å². The third-order valence-corrected chi connectivity index (χ3v) is 6.44. The number of likely N-dealkylation sites (tertiary alicyclic amines) is 1. The first kappa shape index (κ1) is 17.6. The van der Waals surface area contributed by atoms with Crippen LogP contribution >= 0.6 is 11.6 Å². The Morgan fingerprint density at radius 3 is 2.40 bits per heavy atom. The zero-order valence-electron chi connectivity index (χ0n) is 15.0. The Morgan fingerprint density at radius 2 is 1.76 bits per heavy atom. The smallest absolute Gasteiger partial charge is 0.168 e. The molecule has 0 amide bonds. The molecular weight excluding hydrogens is 338 g/mol. The Morgan fingerprint density at radius 1 is 1.08 bits per heavy atom. The van der Waals surface area contributed by atoms with Crippen molar-refractivity contribution in [3.8, 4) is 5.75 Å². The van der Waals surface area contributed by atoms with E-state index in [1.807, 2.05) is 12.1 Å². The molecule has 0 unspecified atom stereocenters. The van der Waals surface area contributed by atoms with Gasteiger partial charge in [-0.25, -0.2) is 0 Å². The molecule has 1 aliphatic carbocycles. The van der Waals surface area contributed by atoms with E-state index in [4.69, 9.17) is 25.8 Å². The molecule has 1 aromatic rings. The van der Waals surface area contributed by atoms with Gasteiger partial charge in [0, 0.05) is 23.9 Å². The number of halogens is 1. The maximum absolute atomic E-state index is 6.21. The van der Waals surface area contributed by atoms with Gasteiger partial charge >= 0.3 is 0 Å². The van der Waals surface area contributed by atoms with Crippen LogP contribution in [0.3, 0.4) is 0 Å². The summed E-state index contributed by atoms with van der Waals surface area (Å²) in [6.45, 7) is 3.83. The first-order valence-corrected chi connectivity index (χ1v) is 9.92. The van der Waals surface area contributed by atoms with Crippen molar-refractivity contribution in [2.75, 3.05) is 33.4 Å². The molecule has 3 aliphatic rings.